The minimum Gasteiger partial charge on any atom is -0.496 e. The lowest BCUT2D eigenvalue weighted by Gasteiger charge is -2.11. The smallest absolute Gasteiger partial charge is 0.261 e. The van der Waals surface area contributed by atoms with Gasteiger partial charge in [-0.15, -0.1) is 0 Å². The Labute approximate surface area is 155 Å². The molecular weight excluding hydrogens is 378 g/mol. The number of thiazole rings is 1. The van der Waals surface area contributed by atoms with Gasteiger partial charge in [-0.05, 0) is 25.1 Å². The highest BCUT2D eigenvalue weighted by atomic mass is 32.2. The predicted octanol–water partition coefficient (Wildman–Crippen LogP) is 2.21. The molecule has 0 saturated heterocycles. The molecule has 0 aliphatic carbocycles. The molecular formula is C16H19N3O5S2. The van der Waals surface area contributed by atoms with E-state index in [0.29, 0.717) is 10.6 Å². The second kappa shape index (κ2) is 7.94. The number of methoxy groups -OCH3 is 1. The molecule has 1 amide bonds. The lowest BCUT2D eigenvalue weighted by atomic mass is 10.2. The van der Waals surface area contributed by atoms with Crippen LogP contribution in [0.5, 0.6) is 5.75 Å². The third kappa shape index (κ3) is 4.26. The van der Waals surface area contributed by atoms with E-state index in [0.717, 1.165) is 11.3 Å². The zero-order chi connectivity index (χ0) is 19.5. The summed E-state index contributed by atoms with van der Waals surface area (Å²) in [6, 6.07) is 4.00. The molecule has 10 heteroatoms. The van der Waals surface area contributed by atoms with Crippen molar-refractivity contribution in [1.82, 2.24) is 9.71 Å². The summed E-state index contributed by atoms with van der Waals surface area (Å²) in [5, 5.41) is 2.83. The Morgan fingerprint density at radius 3 is 2.54 bits per heavy atom. The van der Waals surface area contributed by atoms with Crippen molar-refractivity contribution >= 4 is 38.2 Å². The molecule has 1 heterocycles. The Balaban J connectivity index is 2.38. The standard InChI is InChI=1S/C16H19N3O5S2/c1-5-17-26(22,23)11-6-7-13(24-4)12(8-11)15(21)19-16-18-9(2)14(25-16)10(3)20/h6-8,17H,5H2,1-4H3,(H,18,19,21). The molecule has 0 radical (unpaired) electrons. The zero-order valence-electron chi connectivity index (χ0n) is 14.7. The lowest BCUT2D eigenvalue weighted by molar-refractivity contribution is 0.101. The number of ketones is 1. The second-order valence-corrected chi connectivity index (χ2v) is 8.07. The maximum atomic E-state index is 12.6. The van der Waals surface area contributed by atoms with E-state index in [2.05, 4.69) is 15.0 Å². The first-order valence-electron chi connectivity index (χ1n) is 7.67. The van der Waals surface area contributed by atoms with Crippen molar-refractivity contribution < 1.29 is 22.7 Å². The van der Waals surface area contributed by atoms with Crippen molar-refractivity contribution in [3.8, 4) is 5.75 Å². The molecule has 26 heavy (non-hydrogen) atoms. The summed E-state index contributed by atoms with van der Waals surface area (Å²) in [6.07, 6.45) is 0. The van der Waals surface area contributed by atoms with Gasteiger partial charge in [0.2, 0.25) is 10.0 Å². The van der Waals surface area contributed by atoms with Gasteiger partial charge in [0.15, 0.2) is 10.9 Å². The number of benzene rings is 1. The molecule has 1 aromatic carbocycles. The molecule has 0 atom stereocenters. The molecule has 0 aliphatic heterocycles. The van der Waals surface area contributed by atoms with Gasteiger partial charge in [0.1, 0.15) is 5.75 Å². The van der Waals surface area contributed by atoms with Crippen molar-refractivity contribution in [2.24, 2.45) is 0 Å². The number of hydrogen-bond acceptors (Lipinski definition) is 7. The average molecular weight is 397 g/mol. The summed E-state index contributed by atoms with van der Waals surface area (Å²) in [4.78, 5) is 28.7. The number of nitrogens with zero attached hydrogens (tertiary/aromatic N) is 1. The maximum absolute atomic E-state index is 12.6. The van der Waals surface area contributed by atoms with Gasteiger partial charge in [-0.1, -0.05) is 18.3 Å². The van der Waals surface area contributed by atoms with Crippen LogP contribution in [0.15, 0.2) is 23.1 Å². The van der Waals surface area contributed by atoms with Crippen molar-refractivity contribution in [3.63, 3.8) is 0 Å². The van der Waals surface area contributed by atoms with E-state index in [-0.39, 0.29) is 33.7 Å². The number of rotatable bonds is 7. The minimum atomic E-state index is -3.72. The molecule has 0 unspecified atom stereocenters. The summed E-state index contributed by atoms with van der Waals surface area (Å²) in [5.41, 5.74) is 0.567. The highest BCUT2D eigenvalue weighted by molar-refractivity contribution is 7.89. The van der Waals surface area contributed by atoms with Crippen LogP contribution in [0, 0.1) is 6.92 Å². The largest absolute Gasteiger partial charge is 0.496 e. The highest BCUT2D eigenvalue weighted by Crippen LogP contribution is 2.26. The minimum absolute atomic E-state index is 0.0451. The van der Waals surface area contributed by atoms with E-state index < -0.39 is 15.9 Å². The number of carbonyl (C=O) groups excluding carboxylic acids is 2. The summed E-state index contributed by atoms with van der Waals surface area (Å²) in [5.74, 6) is -0.505. The first-order valence-corrected chi connectivity index (χ1v) is 9.97. The Morgan fingerprint density at radius 1 is 1.31 bits per heavy atom. The predicted molar refractivity (Wildman–Crippen MR) is 98.7 cm³/mol. The van der Waals surface area contributed by atoms with Crippen LogP contribution in [-0.2, 0) is 10.0 Å². The molecule has 2 N–H and O–H groups in total. The fourth-order valence-corrected chi connectivity index (χ4v) is 4.17. The number of nitrogens with one attached hydrogen (secondary N) is 2. The van der Waals surface area contributed by atoms with Gasteiger partial charge >= 0.3 is 0 Å². The van der Waals surface area contributed by atoms with E-state index >= 15 is 0 Å². The fourth-order valence-electron chi connectivity index (χ4n) is 2.25. The van der Waals surface area contributed by atoms with Crippen LogP contribution in [0.1, 0.15) is 39.6 Å². The Morgan fingerprint density at radius 2 is 2.00 bits per heavy atom. The summed E-state index contributed by atoms with van der Waals surface area (Å²) in [7, 11) is -2.34. The number of aryl methyl sites for hydroxylation is 1. The highest BCUT2D eigenvalue weighted by Gasteiger charge is 2.21. The van der Waals surface area contributed by atoms with Gasteiger partial charge in [0.05, 0.1) is 28.1 Å². The van der Waals surface area contributed by atoms with Gasteiger partial charge in [0.25, 0.3) is 5.91 Å². The van der Waals surface area contributed by atoms with Gasteiger partial charge in [-0.25, -0.2) is 18.1 Å². The van der Waals surface area contributed by atoms with Gasteiger partial charge in [0, 0.05) is 13.5 Å². The van der Waals surface area contributed by atoms with Crippen LogP contribution >= 0.6 is 11.3 Å². The molecule has 0 aliphatic rings. The third-order valence-corrected chi connectivity index (χ3v) is 6.11. The SMILES string of the molecule is CCNS(=O)(=O)c1ccc(OC)c(C(=O)Nc2nc(C)c(C(C)=O)s2)c1. The first kappa shape index (κ1) is 20.0. The number of sulfonamides is 1. The molecule has 2 aromatic rings. The van der Waals surface area contributed by atoms with Crippen LogP contribution in [0.3, 0.4) is 0 Å². The summed E-state index contributed by atoms with van der Waals surface area (Å²) < 4.78 is 31.8. The van der Waals surface area contributed by atoms with E-state index in [1.54, 1.807) is 13.8 Å². The second-order valence-electron chi connectivity index (χ2n) is 5.31. The third-order valence-electron chi connectivity index (χ3n) is 3.40. The Hall–Kier alpha value is -2.30. The number of hydrogen-bond donors (Lipinski definition) is 2. The molecule has 1 aromatic heterocycles. The fraction of sp³-hybridized carbons (Fsp3) is 0.312. The average Bonchev–Trinajstić information content (AvgIpc) is 2.94. The zero-order valence-corrected chi connectivity index (χ0v) is 16.4. The molecule has 8 nitrogen and oxygen atoms in total. The van der Waals surface area contributed by atoms with Crippen molar-refractivity contribution in [2.75, 3.05) is 19.0 Å². The molecule has 0 spiro atoms. The first-order chi connectivity index (χ1) is 12.2. The number of ether oxygens (including phenoxy) is 1. The number of Topliss-reactive ketones (excluding diaryl/α,β-unsaturated/α-hetero) is 1. The molecule has 0 saturated carbocycles. The van der Waals surface area contributed by atoms with Crippen molar-refractivity contribution in [3.05, 3.63) is 34.3 Å². The van der Waals surface area contributed by atoms with Crippen molar-refractivity contribution in [1.29, 1.82) is 0 Å². The van der Waals surface area contributed by atoms with Crippen LogP contribution in [0.4, 0.5) is 5.13 Å². The Bertz CT molecular complexity index is 951. The van der Waals surface area contributed by atoms with Crippen LogP contribution < -0.4 is 14.8 Å². The van der Waals surface area contributed by atoms with Gasteiger partial charge < -0.3 is 4.74 Å². The molecule has 0 fully saturated rings. The van der Waals surface area contributed by atoms with Crippen molar-refractivity contribution in [2.45, 2.75) is 25.7 Å². The van der Waals surface area contributed by atoms with Crippen LogP contribution in [0.2, 0.25) is 0 Å². The van der Waals surface area contributed by atoms with Gasteiger partial charge in [-0.3, -0.25) is 14.9 Å². The number of amides is 1. The molecule has 140 valence electrons. The van der Waals surface area contributed by atoms with Crippen LogP contribution in [0.25, 0.3) is 0 Å². The van der Waals surface area contributed by atoms with E-state index in [9.17, 15) is 18.0 Å². The van der Waals surface area contributed by atoms with Crippen LogP contribution in [-0.4, -0.2) is 38.7 Å². The van der Waals surface area contributed by atoms with E-state index in [4.69, 9.17) is 4.74 Å². The molecule has 2 rings (SSSR count). The van der Waals surface area contributed by atoms with E-state index in [1.807, 2.05) is 0 Å². The summed E-state index contributed by atoms with van der Waals surface area (Å²) >= 11 is 1.06. The summed E-state index contributed by atoms with van der Waals surface area (Å²) in [6.45, 7) is 4.98. The number of carbonyl (C=O) groups is 2. The molecule has 0 bridgehead atoms. The topological polar surface area (TPSA) is 114 Å². The Kier molecular flexibility index (Phi) is 6.11. The van der Waals surface area contributed by atoms with E-state index in [1.165, 1.54) is 32.2 Å². The van der Waals surface area contributed by atoms with Gasteiger partial charge in [-0.2, -0.15) is 0 Å². The lowest BCUT2D eigenvalue weighted by Crippen LogP contribution is -2.23. The maximum Gasteiger partial charge on any atom is 0.261 e. The number of aromatic nitrogens is 1. The normalized spacial score (nSPS) is 11.2. The number of anilines is 1. The monoisotopic (exact) mass is 397 g/mol. The quantitative estimate of drug-likeness (QED) is 0.692.